The van der Waals surface area contributed by atoms with E-state index in [9.17, 15) is 0 Å². The van der Waals surface area contributed by atoms with Crippen LogP contribution in [0, 0.1) is 0 Å². The molecular weight excluding hydrogens is 709 g/mol. The highest BCUT2D eigenvalue weighted by atomic mass is 16.3. The molecule has 0 radical (unpaired) electrons. The lowest BCUT2D eigenvalue weighted by Crippen LogP contribution is -2.06. The van der Waals surface area contributed by atoms with Crippen LogP contribution in [-0.4, -0.2) is 20.7 Å². The van der Waals surface area contributed by atoms with Crippen LogP contribution in [0.4, 0.5) is 0 Å². The van der Waals surface area contributed by atoms with Crippen LogP contribution in [0.3, 0.4) is 0 Å². The lowest BCUT2D eigenvalue weighted by Gasteiger charge is -2.11. The van der Waals surface area contributed by atoms with Gasteiger partial charge < -0.3 is 8.98 Å². The molecule has 11 aromatic rings. The molecule has 0 unspecified atom stereocenters. The fraction of sp³-hybridized carbons (Fsp3) is 0.0189. The second kappa shape index (κ2) is 13.5. The lowest BCUT2D eigenvalue weighted by molar-refractivity contribution is 0.668. The predicted molar refractivity (Wildman–Crippen MR) is 243 cm³/mol. The van der Waals surface area contributed by atoms with Crippen molar-refractivity contribution in [3.05, 3.63) is 206 Å². The topological polar surface area (TPSA) is 47.7 Å². The van der Waals surface area contributed by atoms with Gasteiger partial charge in [0.1, 0.15) is 17.0 Å². The summed E-state index contributed by atoms with van der Waals surface area (Å²) in [4.78, 5) is 10.7. The Hall–Kier alpha value is -7.76. The van der Waals surface area contributed by atoms with Crippen LogP contribution in [0.1, 0.15) is 18.1 Å². The van der Waals surface area contributed by atoms with Crippen molar-refractivity contribution in [1.82, 2.24) is 9.13 Å². The van der Waals surface area contributed by atoms with Gasteiger partial charge in [-0.1, -0.05) is 146 Å². The number of para-hydroxylation sites is 4. The van der Waals surface area contributed by atoms with Crippen molar-refractivity contribution < 1.29 is 4.42 Å². The molecule has 58 heavy (non-hydrogen) atoms. The van der Waals surface area contributed by atoms with Gasteiger partial charge in [-0.3, -0.25) is 4.57 Å². The fourth-order valence-electron chi connectivity index (χ4n) is 8.62. The summed E-state index contributed by atoms with van der Waals surface area (Å²) in [6.45, 7) is 6.63. The molecule has 0 saturated carbocycles. The van der Waals surface area contributed by atoms with E-state index in [1.54, 1.807) is 0 Å². The molecule has 0 spiro atoms. The standard InChI is InChI=1S/C53H36N4O/c1-34(36-27-29-38(30-28-36)37-15-4-3-5-16-37)54-53(55-35(2)56-46-22-10-6-17-40(46)41-18-7-11-23-47(41)56)45-21-14-26-50-52(45)44-32-31-39(33-51(44)58-50)57-48-24-12-8-19-42(48)43-20-9-13-25-49(43)57/h3-33H,2H2,1H3/b54-34+,55-53-. The number of rotatable bonds is 6. The van der Waals surface area contributed by atoms with E-state index in [-0.39, 0.29) is 0 Å². The summed E-state index contributed by atoms with van der Waals surface area (Å²) in [6.07, 6.45) is 0. The molecule has 274 valence electrons. The van der Waals surface area contributed by atoms with Crippen molar-refractivity contribution in [1.29, 1.82) is 0 Å². The van der Waals surface area contributed by atoms with Gasteiger partial charge in [0.15, 0.2) is 5.84 Å². The van der Waals surface area contributed by atoms with E-state index in [0.717, 1.165) is 82.9 Å². The highest BCUT2D eigenvalue weighted by Crippen LogP contribution is 2.38. The van der Waals surface area contributed by atoms with Gasteiger partial charge in [-0.15, -0.1) is 0 Å². The highest BCUT2D eigenvalue weighted by molar-refractivity contribution is 6.22. The third-order valence-corrected chi connectivity index (χ3v) is 11.3. The summed E-state index contributed by atoms with van der Waals surface area (Å²) in [5.41, 5.74) is 12.0. The Morgan fingerprint density at radius 3 is 1.67 bits per heavy atom. The zero-order chi connectivity index (χ0) is 38.7. The number of aliphatic imine (C=N–C) groups is 2. The first-order valence-corrected chi connectivity index (χ1v) is 19.5. The molecule has 0 saturated heterocycles. The van der Waals surface area contributed by atoms with Gasteiger partial charge in [-0.2, -0.15) is 0 Å². The van der Waals surface area contributed by atoms with Gasteiger partial charge in [0, 0.05) is 55.3 Å². The Balaban J connectivity index is 1.09. The van der Waals surface area contributed by atoms with E-state index in [1.165, 1.54) is 16.3 Å². The number of fused-ring (bicyclic) bond motifs is 9. The van der Waals surface area contributed by atoms with E-state index >= 15 is 0 Å². The Labute approximate surface area is 334 Å². The summed E-state index contributed by atoms with van der Waals surface area (Å²) in [6, 6.07) is 65.6. The number of aromatic nitrogens is 2. The van der Waals surface area contributed by atoms with Crippen LogP contribution in [0.15, 0.2) is 209 Å². The zero-order valence-electron chi connectivity index (χ0n) is 31.8. The van der Waals surface area contributed by atoms with Crippen LogP contribution >= 0.6 is 0 Å². The van der Waals surface area contributed by atoms with Gasteiger partial charge in [0.05, 0.1) is 22.1 Å². The highest BCUT2D eigenvalue weighted by Gasteiger charge is 2.19. The quantitative estimate of drug-likeness (QED) is 0.124. The molecule has 8 aromatic carbocycles. The van der Waals surface area contributed by atoms with E-state index < -0.39 is 0 Å². The predicted octanol–water partition coefficient (Wildman–Crippen LogP) is 13.8. The van der Waals surface area contributed by atoms with Gasteiger partial charge in [-0.05, 0) is 66.1 Å². The fourth-order valence-corrected chi connectivity index (χ4v) is 8.62. The Morgan fingerprint density at radius 2 is 1.03 bits per heavy atom. The summed E-state index contributed by atoms with van der Waals surface area (Å²) in [7, 11) is 0. The van der Waals surface area contributed by atoms with Gasteiger partial charge in [0.2, 0.25) is 0 Å². The van der Waals surface area contributed by atoms with Crippen molar-refractivity contribution in [2.75, 3.05) is 0 Å². The SMILES string of the molecule is C=C(/N=C(\N=C(/C)c1ccc(-c2ccccc2)cc1)c1cccc2oc3cc(-n4c5ccccc5c5ccccc54)ccc3c12)n1c2ccccc2c2ccccc21. The second-order valence-electron chi connectivity index (χ2n) is 14.7. The van der Waals surface area contributed by atoms with Crippen LogP contribution in [-0.2, 0) is 0 Å². The number of hydrogen-bond donors (Lipinski definition) is 0. The molecule has 3 heterocycles. The second-order valence-corrected chi connectivity index (χ2v) is 14.7. The Bertz CT molecular complexity index is 3360. The molecule has 0 bridgehead atoms. The zero-order valence-corrected chi connectivity index (χ0v) is 31.8. The maximum absolute atomic E-state index is 6.70. The molecule has 0 fully saturated rings. The van der Waals surface area contributed by atoms with E-state index in [2.05, 4.69) is 186 Å². The van der Waals surface area contributed by atoms with Gasteiger partial charge in [-0.25, -0.2) is 9.98 Å². The minimum Gasteiger partial charge on any atom is -0.456 e. The molecule has 3 aromatic heterocycles. The normalized spacial score (nSPS) is 12.5. The smallest absolute Gasteiger partial charge is 0.162 e. The minimum absolute atomic E-state index is 0.552. The number of amidine groups is 1. The first-order valence-electron chi connectivity index (χ1n) is 19.5. The molecular formula is C53H36N4O. The molecule has 0 atom stereocenters. The number of hydrogen-bond acceptors (Lipinski definition) is 2. The summed E-state index contributed by atoms with van der Waals surface area (Å²) in [5.74, 6) is 1.12. The molecule has 11 rings (SSSR count). The third kappa shape index (κ3) is 5.40. The molecule has 0 N–H and O–H groups in total. The summed E-state index contributed by atoms with van der Waals surface area (Å²) in [5, 5.41) is 6.68. The minimum atomic E-state index is 0.552. The van der Waals surface area contributed by atoms with Crippen molar-refractivity contribution in [3.63, 3.8) is 0 Å². The average molecular weight is 745 g/mol. The molecule has 5 heteroatoms. The van der Waals surface area contributed by atoms with Gasteiger partial charge >= 0.3 is 0 Å². The average Bonchev–Trinajstić information content (AvgIpc) is 3.94. The van der Waals surface area contributed by atoms with Crippen LogP contribution in [0.25, 0.3) is 88.2 Å². The van der Waals surface area contributed by atoms with Crippen LogP contribution in [0.5, 0.6) is 0 Å². The number of furan rings is 1. The lowest BCUT2D eigenvalue weighted by atomic mass is 10.0. The van der Waals surface area contributed by atoms with Crippen molar-refractivity contribution >= 4 is 82.9 Å². The molecule has 5 nitrogen and oxygen atoms in total. The first-order chi connectivity index (χ1) is 28.6. The molecule has 0 aliphatic heterocycles. The van der Waals surface area contributed by atoms with E-state index in [4.69, 9.17) is 14.4 Å². The molecule has 0 aliphatic rings. The third-order valence-electron chi connectivity index (χ3n) is 11.3. The van der Waals surface area contributed by atoms with Crippen LogP contribution in [0.2, 0.25) is 0 Å². The maximum atomic E-state index is 6.70. The van der Waals surface area contributed by atoms with E-state index in [0.29, 0.717) is 11.7 Å². The summed E-state index contributed by atoms with van der Waals surface area (Å²) < 4.78 is 11.2. The first kappa shape index (κ1) is 33.6. The van der Waals surface area contributed by atoms with Crippen molar-refractivity contribution in [3.8, 4) is 16.8 Å². The summed E-state index contributed by atoms with van der Waals surface area (Å²) >= 11 is 0. The Morgan fingerprint density at radius 1 is 0.483 bits per heavy atom. The monoisotopic (exact) mass is 744 g/mol. The van der Waals surface area contributed by atoms with Gasteiger partial charge in [0.25, 0.3) is 0 Å². The van der Waals surface area contributed by atoms with Crippen molar-refractivity contribution in [2.24, 2.45) is 9.98 Å². The number of nitrogens with zero attached hydrogens (tertiary/aromatic N) is 4. The van der Waals surface area contributed by atoms with Crippen molar-refractivity contribution in [2.45, 2.75) is 6.92 Å². The molecule has 0 aliphatic carbocycles. The maximum Gasteiger partial charge on any atom is 0.162 e. The number of benzene rings is 8. The Kier molecular flexibility index (Phi) is 7.79. The molecule has 0 amide bonds. The van der Waals surface area contributed by atoms with Crippen LogP contribution < -0.4 is 0 Å². The largest absolute Gasteiger partial charge is 0.456 e. The van der Waals surface area contributed by atoms with E-state index in [1.807, 2.05) is 25.1 Å².